The lowest BCUT2D eigenvalue weighted by Crippen LogP contribution is -2.02. The van der Waals surface area contributed by atoms with Crippen molar-refractivity contribution in [3.63, 3.8) is 0 Å². The van der Waals surface area contributed by atoms with Crippen LogP contribution in [-0.4, -0.2) is 16.7 Å². The summed E-state index contributed by atoms with van der Waals surface area (Å²) in [5.74, 6) is -0.0666. The quantitative estimate of drug-likeness (QED) is 0.509. The maximum absolute atomic E-state index is 11.3. The molecule has 1 aromatic rings. The third-order valence-electron chi connectivity index (χ3n) is 1.82. The molecule has 1 N–H and O–H groups in total. The van der Waals surface area contributed by atoms with Crippen LogP contribution in [-0.2, 0) is 11.2 Å². The van der Waals surface area contributed by atoms with E-state index in [1.807, 2.05) is 30.3 Å². The molecule has 0 saturated heterocycles. The van der Waals surface area contributed by atoms with Gasteiger partial charge in [0.15, 0.2) is 10.5 Å². The van der Waals surface area contributed by atoms with Crippen molar-refractivity contribution in [2.45, 2.75) is 12.8 Å². The van der Waals surface area contributed by atoms with Gasteiger partial charge in [-0.3, -0.25) is 10.2 Å². The van der Waals surface area contributed by atoms with Crippen LogP contribution >= 0.6 is 15.9 Å². The summed E-state index contributed by atoms with van der Waals surface area (Å²) in [6, 6.07) is 9.80. The van der Waals surface area contributed by atoms with Gasteiger partial charge in [0.1, 0.15) is 0 Å². The predicted molar refractivity (Wildman–Crippen MR) is 64.9 cm³/mol. The number of hydrogen-bond acceptors (Lipinski definition) is 2. The molecule has 0 radical (unpaired) electrons. The van der Waals surface area contributed by atoms with E-state index in [2.05, 4.69) is 20.9 Å². The Balaban J connectivity index is 2.38. The molecule has 0 aliphatic rings. The number of rotatable bonds is 4. The lowest BCUT2D eigenvalue weighted by atomic mass is 10.1. The molecule has 1 rings (SSSR count). The Morgan fingerprint density at radius 1 is 1.40 bits per heavy atom. The smallest absolute Gasteiger partial charge is 0.189 e. The molecule has 0 amide bonds. The average molecular weight is 267 g/mol. The van der Waals surface area contributed by atoms with E-state index in [4.69, 9.17) is 5.41 Å². The fourth-order valence-corrected chi connectivity index (χ4v) is 1.21. The van der Waals surface area contributed by atoms with Gasteiger partial charge in [0.05, 0.1) is 6.21 Å². The molecule has 0 aliphatic carbocycles. The number of nitrogens with one attached hydrogen (secondary N) is 1. The van der Waals surface area contributed by atoms with E-state index in [9.17, 15) is 4.79 Å². The zero-order chi connectivity index (χ0) is 11.1. The monoisotopic (exact) mass is 266 g/mol. The fourth-order valence-electron chi connectivity index (χ4n) is 1.11. The topological polar surface area (TPSA) is 53.3 Å². The van der Waals surface area contributed by atoms with Gasteiger partial charge in [-0.15, -0.1) is 0 Å². The number of Topliss-reactive ketones (excluding diaryl/α,β-unsaturated/α-hetero) is 1. The first-order chi connectivity index (χ1) is 7.18. The van der Waals surface area contributed by atoms with E-state index in [1.54, 1.807) is 0 Å². The van der Waals surface area contributed by atoms with Gasteiger partial charge in [0.2, 0.25) is 0 Å². The van der Waals surface area contributed by atoms with Crippen molar-refractivity contribution in [1.82, 2.24) is 0 Å². The number of aliphatic imine (C=N–C) groups is 1. The van der Waals surface area contributed by atoms with Crippen LogP contribution in [0.4, 0.5) is 0 Å². The second-order valence-electron chi connectivity index (χ2n) is 3.00. The maximum atomic E-state index is 11.3. The number of halogens is 1. The molecule has 0 saturated carbocycles. The minimum Gasteiger partial charge on any atom is -0.293 e. The third-order valence-corrected chi connectivity index (χ3v) is 2.03. The Hall–Kier alpha value is -1.29. The van der Waals surface area contributed by atoms with Crippen molar-refractivity contribution in [1.29, 1.82) is 5.41 Å². The lowest BCUT2D eigenvalue weighted by molar-refractivity contribution is -0.112. The van der Waals surface area contributed by atoms with E-state index >= 15 is 0 Å². The second-order valence-corrected chi connectivity index (χ2v) is 3.75. The highest BCUT2D eigenvalue weighted by atomic mass is 79.9. The van der Waals surface area contributed by atoms with Gasteiger partial charge >= 0.3 is 0 Å². The van der Waals surface area contributed by atoms with Crippen LogP contribution in [0.2, 0.25) is 0 Å². The van der Waals surface area contributed by atoms with Gasteiger partial charge in [-0.2, -0.15) is 0 Å². The summed E-state index contributed by atoms with van der Waals surface area (Å²) in [5.41, 5.74) is 1.13. The van der Waals surface area contributed by atoms with E-state index in [1.165, 1.54) is 6.21 Å². The molecule has 0 bridgehead atoms. The van der Waals surface area contributed by atoms with Crippen LogP contribution in [0.1, 0.15) is 12.0 Å². The second kappa shape index (κ2) is 6.24. The summed E-state index contributed by atoms with van der Waals surface area (Å²) < 4.78 is -0.0319. The zero-order valence-corrected chi connectivity index (χ0v) is 9.70. The first-order valence-electron chi connectivity index (χ1n) is 4.53. The Morgan fingerprint density at radius 3 is 2.67 bits per heavy atom. The normalized spacial score (nSPS) is 10.5. The first kappa shape index (κ1) is 11.8. The van der Waals surface area contributed by atoms with Gasteiger partial charge in [-0.25, -0.2) is 4.99 Å². The highest BCUT2D eigenvalue weighted by Crippen LogP contribution is 2.02. The lowest BCUT2D eigenvalue weighted by Gasteiger charge is -1.97. The molecule has 0 fully saturated rings. The van der Waals surface area contributed by atoms with Crippen LogP contribution < -0.4 is 0 Å². The number of carbonyl (C=O) groups is 1. The molecule has 15 heavy (non-hydrogen) atoms. The number of nitrogens with zero attached hydrogens (tertiary/aromatic N) is 1. The van der Waals surface area contributed by atoms with Crippen LogP contribution in [0, 0.1) is 5.41 Å². The molecule has 0 aromatic heterocycles. The number of carbonyl (C=O) groups excluding carboxylic acids is 1. The van der Waals surface area contributed by atoms with Crippen molar-refractivity contribution >= 4 is 32.7 Å². The number of amidine groups is 1. The van der Waals surface area contributed by atoms with Gasteiger partial charge in [-0.05, 0) is 27.9 Å². The third kappa shape index (κ3) is 5.22. The van der Waals surface area contributed by atoms with Gasteiger partial charge in [0, 0.05) is 6.42 Å². The molecule has 3 nitrogen and oxygen atoms in total. The number of aryl methyl sites for hydroxylation is 1. The molecule has 0 unspecified atom stereocenters. The van der Waals surface area contributed by atoms with Crippen molar-refractivity contribution in [3.8, 4) is 0 Å². The molecule has 1 aromatic carbocycles. The molecule has 4 heteroatoms. The largest absolute Gasteiger partial charge is 0.293 e. The number of hydrogen-bond donors (Lipinski definition) is 1. The minimum atomic E-state index is -0.0666. The summed E-state index contributed by atoms with van der Waals surface area (Å²) in [6.07, 6.45) is 2.31. The van der Waals surface area contributed by atoms with Crippen molar-refractivity contribution < 1.29 is 4.79 Å². The van der Waals surface area contributed by atoms with E-state index in [0.29, 0.717) is 12.8 Å². The summed E-state index contributed by atoms with van der Waals surface area (Å²) in [4.78, 5) is 14.8. The Labute approximate surface area is 96.9 Å². The summed E-state index contributed by atoms with van der Waals surface area (Å²) in [6.45, 7) is 0. The summed E-state index contributed by atoms with van der Waals surface area (Å²) in [5, 5.41) is 6.95. The molecule has 0 spiro atoms. The highest BCUT2D eigenvalue weighted by Gasteiger charge is 1.99. The average Bonchev–Trinajstić information content (AvgIpc) is 2.25. The summed E-state index contributed by atoms with van der Waals surface area (Å²) >= 11 is 2.83. The van der Waals surface area contributed by atoms with Crippen molar-refractivity contribution in [2.75, 3.05) is 0 Å². The first-order valence-corrected chi connectivity index (χ1v) is 5.32. The number of ketones is 1. The van der Waals surface area contributed by atoms with Gasteiger partial charge in [0.25, 0.3) is 0 Å². The molecular formula is C11H11BrN2O. The van der Waals surface area contributed by atoms with Crippen LogP contribution in [0.25, 0.3) is 0 Å². The molecule has 0 heterocycles. The summed E-state index contributed by atoms with van der Waals surface area (Å²) in [7, 11) is 0. The van der Waals surface area contributed by atoms with Crippen LogP contribution in [0.3, 0.4) is 0 Å². The van der Waals surface area contributed by atoms with E-state index in [0.717, 1.165) is 5.56 Å². The predicted octanol–water partition coefficient (Wildman–Crippen LogP) is 2.59. The van der Waals surface area contributed by atoms with Crippen molar-refractivity contribution in [3.05, 3.63) is 35.9 Å². The Kier molecular flexibility index (Phi) is 4.90. The van der Waals surface area contributed by atoms with Gasteiger partial charge in [-0.1, -0.05) is 30.3 Å². The minimum absolute atomic E-state index is 0.0319. The zero-order valence-electron chi connectivity index (χ0n) is 8.11. The maximum Gasteiger partial charge on any atom is 0.189 e. The van der Waals surface area contributed by atoms with Crippen LogP contribution in [0.15, 0.2) is 35.3 Å². The standard InChI is InChI=1S/C11H11BrN2O/c12-11(13)14-8-10(15)7-6-9-4-2-1-3-5-9/h1-5,8,13H,6-7H2/b13-11?,14-8+. The van der Waals surface area contributed by atoms with E-state index in [-0.39, 0.29) is 10.5 Å². The fraction of sp³-hybridized carbons (Fsp3) is 0.182. The molecule has 0 aliphatic heterocycles. The Bertz CT molecular complexity index is 373. The van der Waals surface area contributed by atoms with Gasteiger partial charge < -0.3 is 0 Å². The SMILES string of the molecule is N=C(Br)/N=C/C(=O)CCc1ccccc1. The molecule has 0 atom stereocenters. The Morgan fingerprint density at radius 2 is 2.07 bits per heavy atom. The van der Waals surface area contributed by atoms with Crippen molar-refractivity contribution in [2.24, 2.45) is 4.99 Å². The van der Waals surface area contributed by atoms with Crippen LogP contribution in [0.5, 0.6) is 0 Å². The molecular weight excluding hydrogens is 256 g/mol. The highest BCUT2D eigenvalue weighted by molar-refractivity contribution is 9.18. The molecule has 78 valence electrons. The number of benzene rings is 1. The van der Waals surface area contributed by atoms with E-state index < -0.39 is 0 Å².